The molecule has 0 bridgehead atoms. The third kappa shape index (κ3) is 0.795. The van der Waals surface area contributed by atoms with Crippen LogP contribution in [0.2, 0.25) is 0 Å². The predicted octanol–water partition coefficient (Wildman–Crippen LogP) is 2.51. The van der Waals surface area contributed by atoms with Crippen molar-refractivity contribution in [2.75, 3.05) is 0 Å². The van der Waals surface area contributed by atoms with Crippen molar-refractivity contribution in [1.29, 1.82) is 0 Å². The number of rotatable bonds is 1. The Labute approximate surface area is 50.6 Å². The van der Waals surface area contributed by atoms with E-state index in [4.69, 9.17) is 0 Å². The quantitative estimate of drug-likeness (QED) is 0.453. The van der Waals surface area contributed by atoms with Gasteiger partial charge in [0.2, 0.25) is 0 Å². The molecule has 0 N–H and O–H groups in total. The van der Waals surface area contributed by atoms with E-state index in [2.05, 4.69) is 6.08 Å². The standard InChI is InChI=1S/C8H12/c1-2-7(3-1)6-8-4-5-8/h6,8H,1-5H2. The molecule has 0 aliphatic heterocycles. The SMILES string of the molecule is C(=C1CCC1)C1CC1. The molecule has 0 unspecified atom stereocenters. The molecule has 2 aliphatic rings. The molecule has 0 aromatic carbocycles. The van der Waals surface area contributed by atoms with Gasteiger partial charge in [-0.15, -0.1) is 0 Å². The van der Waals surface area contributed by atoms with E-state index in [9.17, 15) is 0 Å². The lowest BCUT2D eigenvalue weighted by Crippen LogP contribution is -1.96. The van der Waals surface area contributed by atoms with Crippen LogP contribution in [-0.2, 0) is 0 Å². The lowest BCUT2D eigenvalue weighted by atomic mass is 9.91. The largest absolute Gasteiger partial charge is 0.0822 e. The zero-order valence-electron chi connectivity index (χ0n) is 5.19. The van der Waals surface area contributed by atoms with E-state index < -0.39 is 0 Å². The maximum atomic E-state index is 2.50. The highest BCUT2D eigenvalue weighted by atomic mass is 14.3. The molecular formula is C8H12. The summed E-state index contributed by atoms with van der Waals surface area (Å²) >= 11 is 0. The van der Waals surface area contributed by atoms with Gasteiger partial charge in [-0.2, -0.15) is 0 Å². The predicted molar refractivity (Wildman–Crippen MR) is 34.7 cm³/mol. The Balaban J connectivity index is 1.91. The van der Waals surface area contributed by atoms with Crippen molar-refractivity contribution in [3.8, 4) is 0 Å². The zero-order chi connectivity index (χ0) is 5.40. The first-order valence-corrected chi connectivity index (χ1v) is 3.65. The Kier molecular flexibility index (Phi) is 0.927. The van der Waals surface area contributed by atoms with E-state index >= 15 is 0 Å². The first-order valence-electron chi connectivity index (χ1n) is 3.65. The van der Waals surface area contributed by atoms with E-state index in [0.29, 0.717) is 0 Å². The van der Waals surface area contributed by atoms with Crippen LogP contribution in [0.5, 0.6) is 0 Å². The second-order valence-electron chi connectivity index (χ2n) is 3.02. The fraction of sp³-hybridized carbons (Fsp3) is 0.750. The number of hydrogen-bond donors (Lipinski definition) is 0. The van der Waals surface area contributed by atoms with E-state index in [0.717, 1.165) is 5.92 Å². The topological polar surface area (TPSA) is 0 Å². The Morgan fingerprint density at radius 2 is 2.00 bits per heavy atom. The fourth-order valence-electron chi connectivity index (χ4n) is 1.14. The molecule has 0 aromatic rings. The third-order valence-corrected chi connectivity index (χ3v) is 2.09. The van der Waals surface area contributed by atoms with Crippen LogP contribution in [-0.4, -0.2) is 0 Å². The summed E-state index contributed by atoms with van der Waals surface area (Å²) in [5, 5.41) is 0. The lowest BCUT2D eigenvalue weighted by molar-refractivity contribution is 0.654. The summed E-state index contributed by atoms with van der Waals surface area (Å²) in [6, 6.07) is 0. The number of allylic oxidation sites excluding steroid dienone is 2. The van der Waals surface area contributed by atoms with Crippen LogP contribution in [0.15, 0.2) is 11.6 Å². The van der Waals surface area contributed by atoms with Crippen molar-refractivity contribution in [3.05, 3.63) is 11.6 Å². The van der Waals surface area contributed by atoms with Crippen LogP contribution < -0.4 is 0 Å². The van der Waals surface area contributed by atoms with Crippen LogP contribution in [0.25, 0.3) is 0 Å². The average Bonchev–Trinajstić information content (AvgIpc) is 2.36. The van der Waals surface area contributed by atoms with Crippen molar-refractivity contribution >= 4 is 0 Å². The molecule has 44 valence electrons. The van der Waals surface area contributed by atoms with Gasteiger partial charge in [0, 0.05) is 0 Å². The fourth-order valence-corrected chi connectivity index (χ4v) is 1.14. The third-order valence-electron chi connectivity index (χ3n) is 2.09. The van der Waals surface area contributed by atoms with Crippen LogP contribution in [0, 0.1) is 5.92 Å². The summed E-state index contributed by atoms with van der Waals surface area (Å²) in [5.74, 6) is 1.02. The van der Waals surface area contributed by atoms with Crippen LogP contribution in [0.4, 0.5) is 0 Å². The lowest BCUT2D eigenvalue weighted by Gasteiger charge is -2.15. The first-order chi connectivity index (χ1) is 3.95. The van der Waals surface area contributed by atoms with E-state index in [1.54, 1.807) is 5.57 Å². The van der Waals surface area contributed by atoms with Gasteiger partial charge in [-0.3, -0.25) is 0 Å². The minimum atomic E-state index is 1.02. The van der Waals surface area contributed by atoms with Crippen molar-refractivity contribution in [3.63, 3.8) is 0 Å². The number of hydrogen-bond acceptors (Lipinski definition) is 0. The Morgan fingerprint density at radius 1 is 1.25 bits per heavy atom. The minimum Gasteiger partial charge on any atom is -0.0822 e. The second-order valence-corrected chi connectivity index (χ2v) is 3.02. The minimum absolute atomic E-state index is 1.02. The second kappa shape index (κ2) is 1.61. The first kappa shape index (κ1) is 4.60. The molecule has 0 heterocycles. The molecule has 0 nitrogen and oxygen atoms in total. The van der Waals surface area contributed by atoms with E-state index in [1.165, 1.54) is 32.1 Å². The molecular weight excluding hydrogens is 96.1 g/mol. The maximum absolute atomic E-state index is 2.50. The molecule has 0 spiro atoms. The van der Waals surface area contributed by atoms with E-state index in [-0.39, 0.29) is 0 Å². The molecule has 0 atom stereocenters. The maximum Gasteiger partial charge on any atom is -0.0230 e. The summed E-state index contributed by atoms with van der Waals surface area (Å²) in [5.41, 5.74) is 1.74. The molecule has 2 aliphatic carbocycles. The van der Waals surface area contributed by atoms with Crippen LogP contribution in [0.1, 0.15) is 32.1 Å². The molecule has 2 saturated carbocycles. The molecule has 0 aromatic heterocycles. The Hall–Kier alpha value is -0.260. The van der Waals surface area contributed by atoms with E-state index in [1.807, 2.05) is 0 Å². The highest BCUT2D eigenvalue weighted by Gasteiger charge is 2.20. The Morgan fingerprint density at radius 3 is 2.38 bits per heavy atom. The highest BCUT2D eigenvalue weighted by molar-refractivity contribution is 5.13. The van der Waals surface area contributed by atoms with Gasteiger partial charge in [0.25, 0.3) is 0 Å². The summed E-state index contributed by atoms with van der Waals surface area (Å²) in [6.07, 6.45) is 9.74. The summed E-state index contributed by atoms with van der Waals surface area (Å²) in [7, 11) is 0. The van der Waals surface area contributed by atoms with Gasteiger partial charge in [-0.05, 0) is 38.0 Å². The Bertz CT molecular complexity index is 112. The molecule has 0 amide bonds. The van der Waals surface area contributed by atoms with Gasteiger partial charge in [-0.25, -0.2) is 0 Å². The molecule has 2 fully saturated rings. The highest BCUT2D eigenvalue weighted by Crippen LogP contribution is 2.36. The molecule has 0 radical (unpaired) electrons. The monoisotopic (exact) mass is 108 g/mol. The van der Waals surface area contributed by atoms with Gasteiger partial charge in [0.15, 0.2) is 0 Å². The van der Waals surface area contributed by atoms with Crippen LogP contribution >= 0.6 is 0 Å². The normalized spacial score (nSPS) is 27.2. The van der Waals surface area contributed by atoms with Gasteiger partial charge < -0.3 is 0 Å². The van der Waals surface area contributed by atoms with Gasteiger partial charge >= 0.3 is 0 Å². The van der Waals surface area contributed by atoms with Gasteiger partial charge in [-0.1, -0.05) is 11.6 Å². The molecule has 2 rings (SSSR count). The zero-order valence-corrected chi connectivity index (χ0v) is 5.19. The van der Waals surface area contributed by atoms with Gasteiger partial charge in [0.05, 0.1) is 0 Å². The molecule has 0 heteroatoms. The summed E-state index contributed by atoms with van der Waals surface area (Å²) < 4.78 is 0. The molecule has 0 saturated heterocycles. The van der Waals surface area contributed by atoms with Crippen molar-refractivity contribution in [2.45, 2.75) is 32.1 Å². The smallest absolute Gasteiger partial charge is 0.0230 e. The van der Waals surface area contributed by atoms with Crippen molar-refractivity contribution in [2.24, 2.45) is 5.92 Å². The van der Waals surface area contributed by atoms with Crippen molar-refractivity contribution < 1.29 is 0 Å². The summed E-state index contributed by atoms with van der Waals surface area (Å²) in [6.45, 7) is 0. The van der Waals surface area contributed by atoms with Crippen molar-refractivity contribution in [1.82, 2.24) is 0 Å². The average molecular weight is 108 g/mol. The van der Waals surface area contributed by atoms with Gasteiger partial charge in [0.1, 0.15) is 0 Å². The summed E-state index contributed by atoms with van der Waals surface area (Å²) in [4.78, 5) is 0. The van der Waals surface area contributed by atoms with Crippen LogP contribution in [0.3, 0.4) is 0 Å². The molecule has 8 heavy (non-hydrogen) atoms.